The van der Waals surface area contributed by atoms with Crippen molar-refractivity contribution in [1.82, 2.24) is 0 Å². The van der Waals surface area contributed by atoms with Gasteiger partial charge in [0.1, 0.15) is 0 Å². The Kier molecular flexibility index (Phi) is 4.21. The summed E-state index contributed by atoms with van der Waals surface area (Å²) >= 11 is 1.72. The summed E-state index contributed by atoms with van der Waals surface area (Å²) in [4.78, 5) is 13.3. The van der Waals surface area contributed by atoms with E-state index in [1.807, 2.05) is 5.38 Å². The van der Waals surface area contributed by atoms with Crippen molar-refractivity contribution in [3.05, 3.63) is 21.4 Å². The maximum absolute atomic E-state index is 11.9. The molecule has 2 nitrogen and oxygen atoms in total. The van der Waals surface area contributed by atoms with E-state index in [9.17, 15) is 4.79 Å². The fourth-order valence-electron chi connectivity index (χ4n) is 2.24. The molecule has 17 heavy (non-hydrogen) atoms. The molecule has 0 saturated carbocycles. The molecule has 0 aromatic carbocycles. The van der Waals surface area contributed by atoms with Gasteiger partial charge in [0.2, 0.25) is 0 Å². The molecule has 0 N–H and O–H groups in total. The zero-order valence-electron chi connectivity index (χ0n) is 10.6. The Hall–Kier alpha value is -0.830. The summed E-state index contributed by atoms with van der Waals surface area (Å²) in [5.41, 5.74) is 2.09. The molecular formula is C14H20O2S. The molecule has 1 aliphatic carbocycles. The lowest BCUT2D eigenvalue weighted by atomic mass is 9.88. The molecule has 0 radical (unpaired) electrons. The molecule has 1 aromatic heterocycles. The number of unbranched alkanes of at least 4 members (excludes halogenated alkanes) is 1. The molecule has 1 aromatic rings. The molecule has 1 atom stereocenters. The summed E-state index contributed by atoms with van der Waals surface area (Å²) in [6.45, 7) is 4.93. The fraction of sp³-hybridized carbons (Fsp3) is 0.643. The van der Waals surface area contributed by atoms with Crippen molar-refractivity contribution < 1.29 is 9.53 Å². The predicted molar refractivity (Wildman–Crippen MR) is 70.7 cm³/mol. The van der Waals surface area contributed by atoms with Gasteiger partial charge in [0.25, 0.3) is 0 Å². The number of rotatable bonds is 4. The van der Waals surface area contributed by atoms with E-state index in [1.165, 1.54) is 16.9 Å². The van der Waals surface area contributed by atoms with E-state index in [0.717, 1.165) is 37.2 Å². The molecule has 0 bridgehead atoms. The number of hydrogen-bond donors (Lipinski definition) is 0. The van der Waals surface area contributed by atoms with E-state index in [1.54, 1.807) is 11.3 Å². The Morgan fingerprint density at radius 1 is 1.59 bits per heavy atom. The molecular weight excluding hydrogens is 232 g/mol. The van der Waals surface area contributed by atoms with Gasteiger partial charge in [0, 0.05) is 10.3 Å². The molecule has 0 aliphatic heterocycles. The Bertz CT molecular complexity index is 395. The van der Waals surface area contributed by atoms with Gasteiger partial charge in [-0.25, -0.2) is 4.79 Å². The van der Waals surface area contributed by atoms with Crippen molar-refractivity contribution in [2.45, 2.75) is 46.0 Å². The van der Waals surface area contributed by atoms with Crippen LogP contribution in [-0.4, -0.2) is 12.6 Å². The quantitative estimate of drug-likeness (QED) is 0.601. The van der Waals surface area contributed by atoms with E-state index in [0.29, 0.717) is 6.61 Å². The van der Waals surface area contributed by atoms with Crippen LogP contribution in [-0.2, 0) is 17.6 Å². The molecule has 3 heteroatoms. The first kappa shape index (κ1) is 12.6. The van der Waals surface area contributed by atoms with Crippen LogP contribution in [0.15, 0.2) is 5.38 Å². The van der Waals surface area contributed by atoms with Crippen molar-refractivity contribution in [3.63, 3.8) is 0 Å². The average molecular weight is 252 g/mol. The maximum Gasteiger partial charge on any atom is 0.339 e. The summed E-state index contributed by atoms with van der Waals surface area (Å²) < 4.78 is 5.29. The highest BCUT2D eigenvalue weighted by molar-refractivity contribution is 7.10. The minimum atomic E-state index is -0.120. The highest BCUT2D eigenvalue weighted by Gasteiger charge is 2.23. The van der Waals surface area contributed by atoms with Gasteiger partial charge in [-0.3, -0.25) is 0 Å². The zero-order chi connectivity index (χ0) is 12.3. The first-order chi connectivity index (χ1) is 8.22. The van der Waals surface area contributed by atoms with Gasteiger partial charge in [0.05, 0.1) is 12.2 Å². The molecule has 1 heterocycles. The minimum Gasteiger partial charge on any atom is -0.462 e. The molecule has 1 aliphatic rings. The average Bonchev–Trinajstić information content (AvgIpc) is 2.72. The van der Waals surface area contributed by atoms with Crippen LogP contribution in [0, 0.1) is 5.92 Å². The summed E-state index contributed by atoms with van der Waals surface area (Å²) in [5.74, 6) is 0.635. The summed E-state index contributed by atoms with van der Waals surface area (Å²) in [6.07, 6.45) is 5.38. The summed E-state index contributed by atoms with van der Waals surface area (Å²) in [6, 6.07) is 0. The second kappa shape index (κ2) is 5.67. The van der Waals surface area contributed by atoms with Crippen LogP contribution < -0.4 is 0 Å². The van der Waals surface area contributed by atoms with Gasteiger partial charge >= 0.3 is 5.97 Å². The second-order valence-corrected chi connectivity index (χ2v) is 5.85. The molecule has 0 fully saturated rings. The number of ether oxygens (including phenoxy) is 1. The van der Waals surface area contributed by atoms with Gasteiger partial charge in [-0.15, -0.1) is 11.3 Å². The monoisotopic (exact) mass is 252 g/mol. The number of esters is 1. The molecule has 0 amide bonds. The third-order valence-electron chi connectivity index (χ3n) is 3.35. The number of carbonyl (C=O) groups is 1. The third-order valence-corrected chi connectivity index (χ3v) is 4.40. The summed E-state index contributed by atoms with van der Waals surface area (Å²) in [5, 5.41) is 1.98. The number of hydrogen-bond acceptors (Lipinski definition) is 3. The molecule has 0 spiro atoms. The standard InChI is InChI=1S/C14H20O2S/c1-3-4-7-16-14(15)12-9-17-13-8-10(2)5-6-11(12)13/h9-10H,3-8H2,1-2H3. The van der Waals surface area contributed by atoms with Crippen LogP contribution in [0.2, 0.25) is 0 Å². The van der Waals surface area contributed by atoms with E-state index >= 15 is 0 Å². The van der Waals surface area contributed by atoms with Crippen molar-refractivity contribution in [2.24, 2.45) is 5.92 Å². The smallest absolute Gasteiger partial charge is 0.339 e. The van der Waals surface area contributed by atoms with Gasteiger partial charge in [-0.2, -0.15) is 0 Å². The van der Waals surface area contributed by atoms with Crippen molar-refractivity contribution in [3.8, 4) is 0 Å². The lowest BCUT2D eigenvalue weighted by molar-refractivity contribution is 0.0498. The van der Waals surface area contributed by atoms with Crippen LogP contribution in [0.25, 0.3) is 0 Å². The lowest BCUT2D eigenvalue weighted by Crippen LogP contribution is -2.13. The fourth-order valence-corrected chi connectivity index (χ4v) is 3.47. The number of fused-ring (bicyclic) bond motifs is 1. The second-order valence-electron chi connectivity index (χ2n) is 4.89. The van der Waals surface area contributed by atoms with E-state index in [4.69, 9.17) is 4.74 Å². The molecule has 2 rings (SSSR count). The molecule has 0 saturated heterocycles. The topological polar surface area (TPSA) is 26.3 Å². The Morgan fingerprint density at radius 2 is 2.41 bits per heavy atom. The predicted octanol–water partition coefficient (Wildman–Crippen LogP) is 3.83. The zero-order valence-corrected chi connectivity index (χ0v) is 11.4. The lowest BCUT2D eigenvalue weighted by Gasteiger charge is -2.18. The van der Waals surface area contributed by atoms with Gasteiger partial charge < -0.3 is 4.74 Å². The minimum absolute atomic E-state index is 0.120. The van der Waals surface area contributed by atoms with Crippen LogP contribution >= 0.6 is 11.3 Å². The largest absolute Gasteiger partial charge is 0.462 e. The molecule has 94 valence electrons. The van der Waals surface area contributed by atoms with Gasteiger partial charge in [-0.05, 0) is 37.2 Å². The SMILES string of the molecule is CCCCOC(=O)c1csc2c1CCC(C)C2. The van der Waals surface area contributed by atoms with Crippen LogP contribution in [0.4, 0.5) is 0 Å². The first-order valence-electron chi connectivity index (χ1n) is 6.48. The highest BCUT2D eigenvalue weighted by Crippen LogP contribution is 2.33. The van der Waals surface area contributed by atoms with E-state index in [2.05, 4.69) is 13.8 Å². The number of carbonyl (C=O) groups excluding carboxylic acids is 1. The Morgan fingerprint density at radius 3 is 3.18 bits per heavy atom. The van der Waals surface area contributed by atoms with Gasteiger partial charge in [-0.1, -0.05) is 20.3 Å². The van der Waals surface area contributed by atoms with Gasteiger partial charge in [0.15, 0.2) is 0 Å². The highest BCUT2D eigenvalue weighted by atomic mass is 32.1. The van der Waals surface area contributed by atoms with Crippen LogP contribution in [0.5, 0.6) is 0 Å². The van der Waals surface area contributed by atoms with E-state index < -0.39 is 0 Å². The normalized spacial score (nSPS) is 18.8. The van der Waals surface area contributed by atoms with E-state index in [-0.39, 0.29) is 5.97 Å². The van der Waals surface area contributed by atoms with Crippen molar-refractivity contribution in [1.29, 1.82) is 0 Å². The maximum atomic E-state index is 11.9. The van der Waals surface area contributed by atoms with Crippen molar-refractivity contribution in [2.75, 3.05) is 6.61 Å². The Balaban J connectivity index is 2.04. The third kappa shape index (κ3) is 2.89. The van der Waals surface area contributed by atoms with Crippen molar-refractivity contribution >= 4 is 17.3 Å². The summed E-state index contributed by atoms with van der Waals surface area (Å²) in [7, 11) is 0. The first-order valence-corrected chi connectivity index (χ1v) is 7.36. The molecule has 1 unspecified atom stereocenters. The number of thiophene rings is 1. The van der Waals surface area contributed by atoms with Crippen LogP contribution in [0.1, 0.15) is 53.9 Å². The van der Waals surface area contributed by atoms with Crippen LogP contribution in [0.3, 0.4) is 0 Å². The Labute approximate surface area is 107 Å².